The van der Waals surface area contributed by atoms with E-state index < -0.39 is 5.54 Å². The summed E-state index contributed by atoms with van der Waals surface area (Å²) in [4.78, 5) is 0. The fraction of sp³-hybridized carbons (Fsp3) is 0.357. The molecule has 0 radical (unpaired) electrons. The summed E-state index contributed by atoms with van der Waals surface area (Å²) in [6.45, 7) is 3.99. The molecule has 2 rings (SSSR count). The second-order valence-electron chi connectivity index (χ2n) is 5.07. The monoisotopic (exact) mass is 341 g/mol. The third kappa shape index (κ3) is 3.02. The largest absolute Gasteiger partial charge is 0.321 e. The zero-order chi connectivity index (χ0) is 14.2. The highest BCUT2D eigenvalue weighted by Crippen LogP contribution is 2.29. The maximum absolute atomic E-state index is 6.46. The summed E-state index contributed by atoms with van der Waals surface area (Å²) in [6.07, 6.45) is 0.701. The summed E-state index contributed by atoms with van der Waals surface area (Å²) in [7, 11) is 1.94. The van der Waals surface area contributed by atoms with Crippen LogP contribution < -0.4 is 5.73 Å². The van der Waals surface area contributed by atoms with Crippen molar-refractivity contribution in [2.75, 3.05) is 0 Å². The number of aromatic nitrogens is 2. The molecule has 1 unspecified atom stereocenters. The summed E-state index contributed by atoms with van der Waals surface area (Å²) in [5.41, 5.74) is 9.13. The first-order valence-electron chi connectivity index (χ1n) is 6.04. The molecule has 3 nitrogen and oxygen atoms in total. The van der Waals surface area contributed by atoms with Crippen molar-refractivity contribution in [2.24, 2.45) is 12.8 Å². The van der Waals surface area contributed by atoms with Crippen LogP contribution in [0.25, 0.3) is 0 Å². The van der Waals surface area contributed by atoms with Gasteiger partial charge >= 0.3 is 0 Å². The zero-order valence-corrected chi connectivity index (χ0v) is 13.6. The van der Waals surface area contributed by atoms with Gasteiger partial charge in [0.2, 0.25) is 0 Å². The second kappa shape index (κ2) is 5.27. The van der Waals surface area contributed by atoms with Gasteiger partial charge in [0.1, 0.15) is 0 Å². The smallest absolute Gasteiger partial charge is 0.0738 e. The van der Waals surface area contributed by atoms with Gasteiger partial charge in [-0.15, -0.1) is 0 Å². The Morgan fingerprint density at radius 2 is 1.95 bits per heavy atom. The Balaban J connectivity index is 2.33. The molecule has 0 saturated heterocycles. The molecule has 102 valence electrons. The van der Waals surface area contributed by atoms with Crippen LogP contribution in [-0.4, -0.2) is 9.78 Å². The van der Waals surface area contributed by atoms with Crippen LogP contribution >= 0.6 is 27.5 Å². The number of hydrogen-bond acceptors (Lipinski definition) is 2. The summed E-state index contributed by atoms with van der Waals surface area (Å²) >= 11 is 9.49. The van der Waals surface area contributed by atoms with Crippen molar-refractivity contribution in [3.05, 3.63) is 50.7 Å². The highest BCUT2D eigenvalue weighted by Gasteiger charge is 2.25. The van der Waals surface area contributed by atoms with Gasteiger partial charge in [-0.2, -0.15) is 5.10 Å². The lowest BCUT2D eigenvalue weighted by molar-refractivity contribution is 0.471. The van der Waals surface area contributed by atoms with Crippen LogP contribution in [0.5, 0.6) is 0 Å². The van der Waals surface area contributed by atoms with Gasteiger partial charge in [-0.25, -0.2) is 0 Å². The van der Waals surface area contributed by atoms with Crippen LogP contribution in [0.4, 0.5) is 0 Å². The minimum absolute atomic E-state index is 0.465. The van der Waals surface area contributed by atoms with Gasteiger partial charge in [0.25, 0.3) is 0 Å². The predicted octanol–water partition coefficient (Wildman–Crippen LogP) is 3.56. The van der Waals surface area contributed by atoms with E-state index in [-0.39, 0.29) is 0 Å². The Morgan fingerprint density at radius 1 is 1.37 bits per heavy atom. The molecule has 0 aliphatic carbocycles. The SMILES string of the molecule is Cc1nn(C)c(CC(C)(N)c2ccc(Cl)cc2)c1Br. The standard InChI is InChI=1S/C14H17BrClN3/c1-9-13(15)12(19(3)18-9)8-14(2,17)10-4-6-11(16)7-5-10/h4-7H,8,17H2,1-3H3. The molecule has 0 aliphatic heterocycles. The van der Waals surface area contributed by atoms with Crippen molar-refractivity contribution in [3.63, 3.8) is 0 Å². The average Bonchev–Trinajstić information content (AvgIpc) is 2.56. The summed E-state index contributed by atoms with van der Waals surface area (Å²) in [5.74, 6) is 0. The molecule has 0 saturated carbocycles. The van der Waals surface area contributed by atoms with E-state index in [4.69, 9.17) is 17.3 Å². The third-order valence-corrected chi connectivity index (χ3v) is 4.58. The Labute approximate surface area is 126 Å². The van der Waals surface area contributed by atoms with Gasteiger partial charge in [-0.1, -0.05) is 23.7 Å². The van der Waals surface area contributed by atoms with Gasteiger partial charge in [-0.3, -0.25) is 4.68 Å². The quantitative estimate of drug-likeness (QED) is 0.927. The number of nitrogens with zero attached hydrogens (tertiary/aromatic N) is 2. The summed E-state index contributed by atoms with van der Waals surface area (Å²) in [5, 5.41) is 5.12. The zero-order valence-electron chi connectivity index (χ0n) is 11.2. The molecule has 1 aromatic carbocycles. The molecular weight excluding hydrogens is 326 g/mol. The van der Waals surface area contributed by atoms with E-state index >= 15 is 0 Å². The molecular formula is C14H17BrClN3. The Bertz CT molecular complexity index is 587. The lowest BCUT2D eigenvalue weighted by atomic mass is 9.88. The summed E-state index contributed by atoms with van der Waals surface area (Å²) < 4.78 is 2.90. The van der Waals surface area contributed by atoms with Gasteiger partial charge in [0.15, 0.2) is 0 Å². The van der Waals surface area contributed by atoms with E-state index in [1.54, 1.807) is 0 Å². The van der Waals surface area contributed by atoms with Gasteiger partial charge in [0, 0.05) is 24.0 Å². The van der Waals surface area contributed by atoms with Crippen LogP contribution in [0.2, 0.25) is 5.02 Å². The van der Waals surface area contributed by atoms with Crippen LogP contribution in [-0.2, 0) is 19.0 Å². The molecule has 19 heavy (non-hydrogen) atoms. The summed E-state index contributed by atoms with van der Waals surface area (Å²) in [6, 6.07) is 7.68. The molecule has 1 aromatic heterocycles. The van der Waals surface area contributed by atoms with E-state index in [2.05, 4.69) is 21.0 Å². The second-order valence-corrected chi connectivity index (χ2v) is 6.30. The lowest BCUT2D eigenvalue weighted by Gasteiger charge is -2.25. The van der Waals surface area contributed by atoms with Gasteiger partial charge < -0.3 is 5.73 Å². The molecule has 0 spiro atoms. The van der Waals surface area contributed by atoms with Crippen LogP contribution in [0.3, 0.4) is 0 Å². The van der Waals surface area contributed by atoms with Crippen LogP contribution in [0.15, 0.2) is 28.7 Å². The average molecular weight is 343 g/mol. The molecule has 0 amide bonds. The topological polar surface area (TPSA) is 43.8 Å². The number of nitrogens with two attached hydrogens (primary N) is 1. The van der Waals surface area contributed by atoms with E-state index in [9.17, 15) is 0 Å². The maximum atomic E-state index is 6.46. The van der Waals surface area contributed by atoms with Crippen molar-refractivity contribution in [1.82, 2.24) is 9.78 Å². The van der Waals surface area contributed by atoms with E-state index in [1.807, 2.05) is 49.8 Å². The number of benzene rings is 1. The van der Waals surface area contributed by atoms with Crippen molar-refractivity contribution in [2.45, 2.75) is 25.8 Å². The fourth-order valence-corrected chi connectivity index (χ4v) is 2.75. The Hall–Kier alpha value is -0.840. The van der Waals surface area contributed by atoms with Crippen molar-refractivity contribution in [3.8, 4) is 0 Å². The first-order chi connectivity index (χ1) is 8.81. The molecule has 1 heterocycles. The predicted molar refractivity (Wildman–Crippen MR) is 82.3 cm³/mol. The molecule has 5 heteroatoms. The van der Waals surface area contributed by atoms with E-state index in [1.165, 1.54) is 0 Å². The normalized spacial score (nSPS) is 14.4. The van der Waals surface area contributed by atoms with Gasteiger partial charge in [-0.05, 0) is 47.5 Å². The van der Waals surface area contributed by atoms with Crippen LogP contribution in [0.1, 0.15) is 23.9 Å². The first kappa shape index (κ1) is 14.6. The highest BCUT2D eigenvalue weighted by molar-refractivity contribution is 9.10. The third-order valence-electron chi connectivity index (χ3n) is 3.30. The number of rotatable bonds is 3. The molecule has 0 aliphatic rings. The molecule has 1 atom stereocenters. The maximum Gasteiger partial charge on any atom is 0.0738 e. The van der Waals surface area contributed by atoms with Crippen LogP contribution in [0, 0.1) is 6.92 Å². The van der Waals surface area contributed by atoms with Crippen molar-refractivity contribution >= 4 is 27.5 Å². The Morgan fingerprint density at radius 3 is 2.42 bits per heavy atom. The van der Waals surface area contributed by atoms with Crippen molar-refractivity contribution in [1.29, 1.82) is 0 Å². The number of aryl methyl sites for hydroxylation is 2. The molecule has 2 aromatic rings. The fourth-order valence-electron chi connectivity index (χ4n) is 2.15. The highest BCUT2D eigenvalue weighted by atomic mass is 79.9. The number of halogens is 2. The minimum Gasteiger partial charge on any atom is -0.321 e. The van der Waals surface area contributed by atoms with Crippen molar-refractivity contribution < 1.29 is 0 Å². The molecule has 0 fully saturated rings. The molecule has 2 N–H and O–H groups in total. The molecule has 0 bridgehead atoms. The first-order valence-corrected chi connectivity index (χ1v) is 7.21. The minimum atomic E-state index is -0.465. The van der Waals surface area contributed by atoms with Gasteiger partial charge in [0.05, 0.1) is 15.9 Å². The number of hydrogen-bond donors (Lipinski definition) is 1. The van der Waals surface area contributed by atoms with E-state index in [0.29, 0.717) is 6.42 Å². The lowest BCUT2D eigenvalue weighted by Crippen LogP contribution is -2.36. The van der Waals surface area contributed by atoms with E-state index in [0.717, 1.165) is 26.4 Å². The Kier molecular flexibility index (Phi) is 4.04.